The van der Waals surface area contributed by atoms with Crippen molar-refractivity contribution in [1.29, 1.82) is 0 Å². The van der Waals surface area contributed by atoms with Gasteiger partial charge in [-0.2, -0.15) is 18.3 Å². The van der Waals surface area contributed by atoms with Crippen LogP contribution in [-0.4, -0.2) is 33.9 Å². The van der Waals surface area contributed by atoms with Crippen LogP contribution in [0.25, 0.3) is 5.52 Å². The molecular weight excluding hydrogens is 273 g/mol. The van der Waals surface area contributed by atoms with Gasteiger partial charge in [-0.05, 0) is 12.8 Å². The summed E-state index contributed by atoms with van der Waals surface area (Å²) in [5.74, 6) is 0.381. The van der Waals surface area contributed by atoms with Gasteiger partial charge in [0.15, 0.2) is 11.5 Å². The SMILES string of the molecule is FC(F)(F)c1cc2c(NCC3CCCO3)nccn2n1. The minimum atomic E-state index is -4.46. The molecule has 8 heteroatoms. The van der Waals surface area contributed by atoms with Crippen molar-refractivity contribution in [2.45, 2.75) is 25.1 Å². The molecule has 3 heterocycles. The summed E-state index contributed by atoms with van der Waals surface area (Å²) < 4.78 is 44.6. The number of nitrogens with zero attached hydrogens (tertiary/aromatic N) is 3. The maximum absolute atomic E-state index is 12.7. The predicted molar refractivity (Wildman–Crippen MR) is 65.5 cm³/mol. The van der Waals surface area contributed by atoms with E-state index < -0.39 is 11.9 Å². The molecule has 0 aliphatic carbocycles. The molecule has 0 bridgehead atoms. The van der Waals surface area contributed by atoms with E-state index in [1.54, 1.807) is 0 Å². The fraction of sp³-hybridized carbons (Fsp3) is 0.500. The van der Waals surface area contributed by atoms with Crippen LogP contribution in [0.1, 0.15) is 18.5 Å². The highest BCUT2D eigenvalue weighted by atomic mass is 19.4. The lowest BCUT2D eigenvalue weighted by molar-refractivity contribution is -0.141. The first kappa shape index (κ1) is 13.2. The van der Waals surface area contributed by atoms with E-state index in [0.29, 0.717) is 17.9 Å². The van der Waals surface area contributed by atoms with Crippen molar-refractivity contribution in [3.63, 3.8) is 0 Å². The van der Waals surface area contributed by atoms with E-state index in [2.05, 4.69) is 15.4 Å². The van der Waals surface area contributed by atoms with Gasteiger partial charge in [0.1, 0.15) is 5.52 Å². The Bertz CT molecular complexity index is 604. The second kappa shape index (κ2) is 4.93. The molecule has 0 aromatic carbocycles. The Kier molecular flexibility index (Phi) is 3.25. The van der Waals surface area contributed by atoms with Gasteiger partial charge in [0.05, 0.1) is 6.10 Å². The Hall–Kier alpha value is -1.83. The molecule has 1 fully saturated rings. The van der Waals surface area contributed by atoms with Gasteiger partial charge in [0.2, 0.25) is 0 Å². The number of halogens is 3. The van der Waals surface area contributed by atoms with Crippen LogP contribution in [0.4, 0.5) is 19.0 Å². The summed E-state index contributed by atoms with van der Waals surface area (Å²) in [6, 6.07) is 0.991. The number of hydrogen-bond acceptors (Lipinski definition) is 4. The molecule has 0 radical (unpaired) electrons. The van der Waals surface area contributed by atoms with Crippen molar-refractivity contribution in [1.82, 2.24) is 14.6 Å². The first-order valence-corrected chi connectivity index (χ1v) is 6.31. The Balaban J connectivity index is 1.84. The second-order valence-corrected chi connectivity index (χ2v) is 4.65. The summed E-state index contributed by atoms with van der Waals surface area (Å²) >= 11 is 0. The van der Waals surface area contributed by atoms with Gasteiger partial charge < -0.3 is 10.1 Å². The van der Waals surface area contributed by atoms with E-state index in [9.17, 15) is 13.2 Å². The Morgan fingerprint density at radius 3 is 3.00 bits per heavy atom. The lowest BCUT2D eigenvalue weighted by Gasteiger charge is -2.11. The van der Waals surface area contributed by atoms with Gasteiger partial charge in [-0.25, -0.2) is 9.50 Å². The second-order valence-electron chi connectivity index (χ2n) is 4.65. The molecule has 1 atom stereocenters. The molecule has 1 unspecified atom stereocenters. The molecule has 20 heavy (non-hydrogen) atoms. The predicted octanol–water partition coefficient (Wildman–Crippen LogP) is 2.34. The first-order chi connectivity index (χ1) is 9.54. The van der Waals surface area contributed by atoms with E-state index in [4.69, 9.17) is 4.74 Å². The molecule has 2 aromatic heterocycles. The fourth-order valence-electron chi connectivity index (χ4n) is 2.21. The molecule has 0 amide bonds. The highest BCUT2D eigenvalue weighted by Crippen LogP contribution is 2.30. The average molecular weight is 286 g/mol. The third-order valence-corrected chi connectivity index (χ3v) is 3.20. The van der Waals surface area contributed by atoms with Crippen molar-refractivity contribution in [3.05, 3.63) is 24.2 Å². The topological polar surface area (TPSA) is 51.5 Å². The van der Waals surface area contributed by atoms with Crippen LogP contribution in [0.2, 0.25) is 0 Å². The highest BCUT2D eigenvalue weighted by molar-refractivity contribution is 5.67. The Morgan fingerprint density at radius 2 is 2.30 bits per heavy atom. The summed E-state index contributed by atoms with van der Waals surface area (Å²) in [4.78, 5) is 4.07. The van der Waals surface area contributed by atoms with Gasteiger partial charge >= 0.3 is 6.18 Å². The van der Waals surface area contributed by atoms with Crippen molar-refractivity contribution in [2.24, 2.45) is 0 Å². The fourth-order valence-corrected chi connectivity index (χ4v) is 2.21. The van der Waals surface area contributed by atoms with Gasteiger partial charge in [0, 0.05) is 31.6 Å². The maximum Gasteiger partial charge on any atom is 0.435 e. The van der Waals surface area contributed by atoms with E-state index in [1.807, 2.05) is 0 Å². The molecule has 2 aromatic rings. The standard InChI is InChI=1S/C12H13F3N4O/c13-12(14,15)10-6-9-11(16-3-4-19(9)18-10)17-7-8-2-1-5-20-8/h3-4,6,8H,1-2,5,7H2,(H,16,17). The zero-order valence-corrected chi connectivity index (χ0v) is 10.5. The van der Waals surface area contributed by atoms with Gasteiger partial charge in [0.25, 0.3) is 0 Å². The molecule has 0 spiro atoms. The number of hydrogen-bond donors (Lipinski definition) is 1. The van der Waals surface area contributed by atoms with E-state index >= 15 is 0 Å². The number of anilines is 1. The third-order valence-electron chi connectivity index (χ3n) is 3.20. The van der Waals surface area contributed by atoms with E-state index in [0.717, 1.165) is 25.5 Å². The number of fused-ring (bicyclic) bond motifs is 1. The van der Waals surface area contributed by atoms with Crippen LogP contribution in [0.3, 0.4) is 0 Å². The van der Waals surface area contributed by atoms with Crippen molar-refractivity contribution < 1.29 is 17.9 Å². The molecule has 1 aliphatic heterocycles. The third kappa shape index (κ3) is 2.55. The van der Waals surface area contributed by atoms with Crippen LogP contribution >= 0.6 is 0 Å². The van der Waals surface area contributed by atoms with Crippen LogP contribution in [0, 0.1) is 0 Å². The molecule has 1 aliphatic rings. The van der Waals surface area contributed by atoms with Crippen LogP contribution in [0.15, 0.2) is 18.5 Å². The molecule has 1 saturated heterocycles. The number of aromatic nitrogens is 3. The molecule has 1 N–H and O–H groups in total. The maximum atomic E-state index is 12.7. The van der Waals surface area contributed by atoms with E-state index in [-0.39, 0.29) is 6.10 Å². The lowest BCUT2D eigenvalue weighted by Crippen LogP contribution is -2.19. The molecule has 5 nitrogen and oxygen atoms in total. The van der Waals surface area contributed by atoms with Crippen molar-refractivity contribution >= 4 is 11.3 Å². The minimum absolute atomic E-state index is 0.0852. The summed E-state index contributed by atoms with van der Waals surface area (Å²) in [6.45, 7) is 1.26. The number of alkyl halides is 3. The lowest BCUT2D eigenvalue weighted by atomic mass is 10.2. The Labute approximate surface area is 112 Å². The van der Waals surface area contributed by atoms with E-state index in [1.165, 1.54) is 16.9 Å². The summed E-state index contributed by atoms with van der Waals surface area (Å²) in [5, 5.41) is 6.53. The van der Waals surface area contributed by atoms with Crippen LogP contribution in [0.5, 0.6) is 0 Å². The molecule has 3 rings (SSSR count). The first-order valence-electron chi connectivity index (χ1n) is 6.31. The smallest absolute Gasteiger partial charge is 0.376 e. The number of nitrogens with one attached hydrogen (secondary N) is 1. The van der Waals surface area contributed by atoms with Gasteiger partial charge in [-0.3, -0.25) is 0 Å². The largest absolute Gasteiger partial charge is 0.435 e. The zero-order chi connectivity index (χ0) is 14.2. The van der Waals surface area contributed by atoms with Crippen LogP contribution < -0.4 is 5.32 Å². The van der Waals surface area contributed by atoms with Crippen LogP contribution in [-0.2, 0) is 10.9 Å². The van der Waals surface area contributed by atoms with Crippen molar-refractivity contribution in [2.75, 3.05) is 18.5 Å². The monoisotopic (exact) mass is 286 g/mol. The van der Waals surface area contributed by atoms with Gasteiger partial charge in [-0.1, -0.05) is 0 Å². The summed E-state index contributed by atoms with van der Waals surface area (Å²) in [7, 11) is 0. The summed E-state index contributed by atoms with van der Waals surface area (Å²) in [5.41, 5.74) is -0.622. The molecular formula is C12H13F3N4O. The zero-order valence-electron chi connectivity index (χ0n) is 10.5. The molecule has 0 saturated carbocycles. The van der Waals surface area contributed by atoms with Gasteiger partial charge in [-0.15, -0.1) is 0 Å². The normalized spacial score (nSPS) is 19.6. The number of rotatable bonds is 3. The van der Waals surface area contributed by atoms with Crippen molar-refractivity contribution in [3.8, 4) is 0 Å². The quantitative estimate of drug-likeness (QED) is 0.941. The molecule has 108 valence electrons. The Morgan fingerprint density at radius 1 is 1.45 bits per heavy atom. The summed E-state index contributed by atoms with van der Waals surface area (Å²) in [6.07, 6.45) is 0.387. The highest BCUT2D eigenvalue weighted by Gasteiger charge is 2.34. The minimum Gasteiger partial charge on any atom is -0.376 e. The average Bonchev–Trinajstić information content (AvgIpc) is 3.04. The number of ether oxygens (including phenoxy) is 1.